The van der Waals surface area contributed by atoms with Gasteiger partial charge < -0.3 is 5.32 Å². The van der Waals surface area contributed by atoms with Crippen LogP contribution in [0.1, 0.15) is 69.5 Å². The molecule has 1 aromatic rings. The predicted octanol–water partition coefficient (Wildman–Crippen LogP) is 4.65. The molecule has 0 radical (unpaired) electrons. The first-order valence-electron chi connectivity index (χ1n) is 7.55. The van der Waals surface area contributed by atoms with Crippen LogP contribution < -0.4 is 5.32 Å². The standard InChI is InChI=1S/C17H27N/c1-4-12-18-17(15-6-5-7-15)16-10-8-14(9-11-16)13(2)3/h8-11,13,15,17-18H,4-7,12H2,1-3H3. The summed E-state index contributed by atoms with van der Waals surface area (Å²) in [7, 11) is 0. The van der Waals surface area contributed by atoms with Gasteiger partial charge in [-0.15, -0.1) is 0 Å². The average molecular weight is 245 g/mol. The Morgan fingerprint density at radius 1 is 1.11 bits per heavy atom. The van der Waals surface area contributed by atoms with Crippen LogP contribution in [0.4, 0.5) is 0 Å². The van der Waals surface area contributed by atoms with Crippen LogP contribution in [-0.2, 0) is 0 Å². The molecule has 2 rings (SSSR count). The maximum absolute atomic E-state index is 3.74. The Hall–Kier alpha value is -0.820. The zero-order chi connectivity index (χ0) is 13.0. The van der Waals surface area contributed by atoms with E-state index in [-0.39, 0.29) is 0 Å². The topological polar surface area (TPSA) is 12.0 Å². The van der Waals surface area contributed by atoms with E-state index >= 15 is 0 Å². The molecule has 1 aromatic carbocycles. The fourth-order valence-corrected chi connectivity index (χ4v) is 2.72. The highest BCUT2D eigenvalue weighted by Gasteiger charge is 2.27. The lowest BCUT2D eigenvalue weighted by molar-refractivity contribution is 0.231. The van der Waals surface area contributed by atoms with Crippen LogP contribution in [0, 0.1) is 5.92 Å². The van der Waals surface area contributed by atoms with Crippen molar-refractivity contribution in [2.24, 2.45) is 5.92 Å². The number of hydrogen-bond acceptors (Lipinski definition) is 1. The van der Waals surface area contributed by atoms with Crippen LogP contribution >= 0.6 is 0 Å². The summed E-state index contributed by atoms with van der Waals surface area (Å²) in [6, 6.07) is 9.86. The van der Waals surface area contributed by atoms with Crippen LogP contribution in [0.5, 0.6) is 0 Å². The van der Waals surface area contributed by atoms with Gasteiger partial charge in [0, 0.05) is 6.04 Å². The van der Waals surface area contributed by atoms with Crippen molar-refractivity contribution in [1.82, 2.24) is 5.32 Å². The van der Waals surface area contributed by atoms with E-state index < -0.39 is 0 Å². The molecule has 1 fully saturated rings. The molecule has 18 heavy (non-hydrogen) atoms. The van der Waals surface area contributed by atoms with E-state index in [0.29, 0.717) is 12.0 Å². The average Bonchev–Trinajstić information content (AvgIpc) is 2.32. The molecule has 1 saturated carbocycles. The van der Waals surface area contributed by atoms with Gasteiger partial charge in [0.05, 0.1) is 0 Å². The fraction of sp³-hybridized carbons (Fsp3) is 0.647. The summed E-state index contributed by atoms with van der Waals surface area (Å²) in [6.45, 7) is 7.89. The molecule has 1 aliphatic carbocycles. The van der Waals surface area contributed by atoms with Crippen LogP contribution in [0.3, 0.4) is 0 Å². The van der Waals surface area contributed by atoms with Crippen LogP contribution in [0.15, 0.2) is 24.3 Å². The second-order valence-corrected chi connectivity index (χ2v) is 5.94. The molecule has 1 aliphatic rings. The highest BCUT2D eigenvalue weighted by atomic mass is 14.9. The molecule has 1 unspecified atom stereocenters. The third-order valence-electron chi connectivity index (χ3n) is 4.20. The molecule has 100 valence electrons. The molecule has 0 bridgehead atoms. The first kappa shape index (κ1) is 13.6. The van der Waals surface area contributed by atoms with Crippen molar-refractivity contribution in [3.63, 3.8) is 0 Å². The van der Waals surface area contributed by atoms with E-state index in [2.05, 4.69) is 50.4 Å². The Labute approximate surface area is 112 Å². The van der Waals surface area contributed by atoms with E-state index in [4.69, 9.17) is 0 Å². The predicted molar refractivity (Wildman–Crippen MR) is 78.9 cm³/mol. The second kappa shape index (κ2) is 6.38. The highest BCUT2D eigenvalue weighted by molar-refractivity contribution is 5.27. The molecule has 0 aromatic heterocycles. The molecule has 1 heteroatoms. The summed E-state index contributed by atoms with van der Waals surface area (Å²) in [5.74, 6) is 1.49. The summed E-state index contributed by atoms with van der Waals surface area (Å²) < 4.78 is 0. The Kier molecular flexibility index (Phi) is 4.82. The third kappa shape index (κ3) is 3.14. The van der Waals surface area contributed by atoms with Crippen molar-refractivity contribution in [2.75, 3.05) is 6.54 Å². The zero-order valence-corrected chi connectivity index (χ0v) is 12.1. The monoisotopic (exact) mass is 245 g/mol. The minimum Gasteiger partial charge on any atom is -0.310 e. The van der Waals surface area contributed by atoms with Gasteiger partial charge in [0.2, 0.25) is 0 Å². The van der Waals surface area contributed by atoms with Crippen LogP contribution in [-0.4, -0.2) is 6.54 Å². The maximum atomic E-state index is 3.74. The van der Waals surface area contributed by atoms with E-state index in [0.717, 1.165) is 12.5 Å². The van der Waals surface area contributed by atoms with Gasteiger partial charge >= 0.3 is 0 Å². The number of nitrogens with one attached hydrogen (secondary N) is 1. The molecule has 0 heterocycles. The summed E-state index contributed by atoms with van der Waals surface area (Å²) >= 11 is 0. The largest absolute Gasteiger partial charge is 0.310 e. The van der Waals surface area contributed by atoms with Crippen LogP contribution in [0.25, 0.3) is 0 Å². The second-order valence-electron chi connectivity index (χ2n) is 5.94. The van der Waals surface area contributed by atoms with Crippen molar-refractivity contribution in [1.29, 1.82) is 0 Å². The van der Waals surface area contributed by atoms with Gasteiger partial charge in [-0.1, -0.05) is 51.5 Å². The lowest BCUT2D eigenvalue weighted by atomic mass is 9.77. The summed E-state index contributed by atoms with van der Waals surface area (Å²) in [5.41, 5.74) is 2.93. The lowest BCUT2D eigenvalue weighted by Crippen LogP contribution is -2.32. The summed E-state index contributed by atoms with van der Waals surface area (Å²) in [6.07, 6.45) is 5.42. The lowest BCUT2D eigenvalue weighted by Gasteiger charge is -2.35. The minimum atomic E-state index is 0.583. The normalized spacial score (nSPS) is 17.8. The van der Waals surface area contributed by atoms with Crippen molar-refractivity contribution in [3.8, 4) is 0 Å². The number of hydrogen-bond donors (Lipinski definition) is 1. The van der Waals surface area contributed by atoms with Gasteiger partial charge in [0.25, 0.3) is 0 Å². The first-order chi connectivity index (χ1) is 8.72. The van der Waals surface area contributed by atoms with Gasteiger partial charge in [0.15, 0.2) is 0 Å². The quantitative estimate of drug-likeness (QED) is 0.769. The van der Waals surface area contributed by atoms with Crippen LogP contribution in [0.2, 0.25) is 0 Å². The van der Waals surface area contributed by atoms with Gasteiger partial charge in [-0.25, -0.2) is 0 Å². The van der Waals surface area contributed by atoms with Gasteiger partial charge in [-0.2, -0.15) is 0 Å². The molecule has 0 amide bonds. The Morgan fingerprint density at radius 3 is 2.17 bits per heavy atom. The molecule has 1 atom stereocenters. The molecule has 0 aliphatic heterocycles. The number of rotatable bonds is 6. The van der Waals surface area contributed by atoms with Crippen molar-refractivity contribution >= 4 is 0 Å². The Balaban J connectivity index is 2.08. The highest BCUT2D eigenvalue weighted by Crippen LogP contribution is 2.37. The van der Waals surface area contributed by atoms with Crippen molar-refractivity contribution in [2.45, 2.75) is 58.4 Å². The maximum Gasteiger partial charge on any atom is 0.0348 e. The summed E-state index contributed by atoms with van der Waals surface area (Å²) in [5, 5.41) is 3.74. The smallest absolute Gasteiger partial charge is 0.0348 e. The van der Waals surface area contributed by atoms with Gasteiger partial charge in [-0.05, 0) is 48.8 Å². The minimum absolute atomic E-state index is 0.583. The van der Waals surface area contributed by atoms with E-state index in [1.165, 1.54) is 36.8 Å². The molecule has 1 nitrogen and oxygen atoms in total. The van der Waals surface area contributed by atoms with Crippen molar-refractivity contribution < 1.29 is 0 Å². The first-order valence-corrected chi connectivity index (χ1v) is 7.55. The zero-order valence-electron chi connectivity index (χ0n) is 12.1. The van der Waals surface area contributed by atoms with E-state index in [9.17, 15) is 0 Å². The van der Waals surface area contributed by atoms with E-state index in [1.807, 2.05) is 0 Å². The molecule has 0 spiro atoms. The van der Waals surface area contributed by atoms with E-state index in [1.54, 1.807) is 0 Å². The summed E-state index contributed by atoms with van der Waals surface area (Å²) in [4.78, 5) is 0. The fourth-order valence-electron chi connectivity index (χ4n) is 2.72. The molecular formula is C17H27N. The number of benzene rings is 1. The molecule has 0 saturated heterocycles. The van der Waals surface area contributed by atoms with Crippen molar-refractivity contribution in [3.05, 3.63) is 35.4 Å². The third-order valence-corrected chi connectivity index (χ3v) is 4.20. The van der Waals surface area contributed by atoms with Gasteiger partial charge in [-0.3, -0.25) is 0 Å². The van der Waals surface area contributed by atoms with Gasteiger partial charge in [0.1, 0.15) is 0 Å². The molecular weight excluding hydrogens is 218 g/mol. The SMILES string of the molecule is CCCNC(c1ccc(C(C)C)cc1)C1CCC1. The Morgan fingerprint density at radius 2 is 1.72 bits per heavy atom. The Bertz CT molecular complexity index is 348. The molecule has 1 N–H and O–H groups in total.